The summed E-state index contributed by atoms with van der Waals surface area (Å²) in [5.41, 5.74) is 1.72. The van der Waals surface area contributed by atoms with Gasteiger partial charge in [-0.2, -0.15) is 5.26 Å². The third-order valence-corrected chi connectivity index (χ3v) is 4.27. The highest BCUT2D eigenvalue weighted by atomic mass is 79.9. The highest BCUT2D eigenvalue weighted by Gasteiger charge is 2.21. The Morgan fingerprint density at radius 3 is 2.89 bits per heavy atom. The molecule has 1 aromatic carbocycles. The van der Waals surface area contributed by atoms with E-state index in [2.05, 4.69) is 51.2 Å². The molecule has 4 nitrogen and oxygen atoms in total. The smallest absolute Gasteiger partial charge is 0.100 e. The van der Waals surface area contributed by atoms with Crippen molar-refractivity contribution in [2.75, 3.05) is 45.6 Å². The van der Waals surface area contributed by atoms with Crippen LogP contribution in [-0.4, -0.2) is 56.1 Å². The third-order valence-electron chi connectivity index (χ3n) is 3.61. The van der Waals surface area contributed by atoms with Gasteiger partial charge in [0.25, 0.3) is 0 Å². The molecule has 1 unspecified atom stereocenters. The predicted octanol–water partition coefficient (Wildman–Crippen LogP) is 1.98. The van der Waals surface area contributed by atoms with Crippen LogP contribution in [0.4, 0.5) is 5.69 Å². The lowest BCUT2D eigenvalue weighted by atomic mass is 10.1. The maximum Gasteiger partial charge on any atom is 0.100 e. The van der Waals surface area contributed by atoms with Crippen LogP contribution in [0.3, 0.4) is 0 Å². The van der Waals surface area contributed by atoms with E-state index < -0.39 is 0 Å². The Kier molecular flexibility index (Phi) is 4.81. The molecule has 0 amide bonds. The average molecular weight is 323 g/mol. The molecule has 102 valence electrons. The van der Waals surface area contributed by atoms with E-state index in [1.807, 2.05) is 18.2 Å². The van der Waals surface area contributed by atoms with Gasteiger partial charge in [0.1, 0.15) is 6.07 Å². The SMILES string of the molecule is CN1CCN(C)C(CNc2ccc(C#N)c(Br)c2)C1. The van der Waals surface area contributed by atoms with Gasteiger partial charge in [-0.1, -0.05) is 0 Å². The lowest BCUT2D eigenvalue weighted by Crippen LogP contribution is -2.52. The summed E-state index contributed by atoms with van der Waals surface area (Å²) in [6.07, 6.45) is 0. The number of nitriles is 1. The highest BCUT2D eigenvalue weighted by Crippen LogP contribution is 2.21. The summed E-state index contributed by atoms with van der Waals surface area (Å²) in [5.74, 6) is 0. The van der Waals surface area contributed by atoms with Crippen molar-refractivity contribution in [3.8, 4) is 6.07 Å². The first-order valence-corrected chi connectivity index (χ1v) is 7.21. The van der Waals surface area contributed by atoms with Crippen molar-refractivity contribution in [1.29, 1.82) is 5.26 Å². The Labute approximate surface area is 123 Å². The van der Waals surface area contributed by atoms with Crippen LogP contribution in [0.5, 0.6) is 0 Å². The van der Waals surface area contributed by atoms with Gasteiger partial charge in [-0.05, 0) is 48.2 Å². The van der Waals surface area contributed by atoms with Crippen LogP contribution in [0.25, 0.3) is 0 Å². The van der Waals surface area contributed by atoms with Gasteiger partial charge in [-0.3, -0.25) is 4.90 Å². The van der Waals surface area contributed by atoms with Crippen molar-refractivity contribution in [3.63, 3.8) is 0 Å². The molecule has 0 spiro atoms. The van der Waals surface area contributed by atoms with Gasteiger partial charge in [-0.15, -0.1) is 0 Å². The molecule has 0 radical (unpaired) electrons. The van der Waals surface area contributed by atoms with Crippen LogP contribution >= 0.6 is 15.9 Å². The van der Waals surface area contributed by atoms with Crippen molar-refractivity contribution in [2.45, 2.75) is 6.04 Å². The van der Waals surface area contributed by atoms with Crippen LogP contribution in [0.1, 0.15) is 5.56 Å². The van der Waals surface area contributed by atoms with E-state index in [1.165, 1.54) is 0 Å². The second-order valence-corrected chi connectivity index (χ2v) is 5.94. The number of nitrogens with one attached hydrogen (secondary N) is 1. The fourth-order valence-electron chi connectivity index (χ4n) is 2.27. The topological polar surface area (TPSA) is 42.3 Å². The number of anilines is 1. The molecule has 0 bridgehead atoms. The zero-order valence-electron chi connectivity index (χ0n) is 11.4. The predicted molar refractivity (Wildman–Crippen MR) is 81.3 cm³/mol. The summed E-state index contributed by atoms with van der Waals surface area (Å²) in [4.78, 5) is 4.76. The molecule has 1 aliphatic rings. The van der Waals surface area contributed by atoms with Crippen molar-refractivity contribution >= 4 is 21.6 Å². The third kappa shape index (κ3) is 3.69. The molecular formula is C14H19BrN4. The first-order chi connectivity index (χ1) is 9.10. The molecule has 0 saturated carbocycles. The normalized spacial score (nSPS) is 21.1. The van der Waals surface area contributed by atoms with Crippen LogP contribution in [0, 0.1) is 11.3 Å². The second-order valence-electron chi connectivity index (χ2n) is 5.08. The summed E-state index contributed by atoms with van der Waals surface area (Å²) in [5, 5.41) is 12.3. The Bertz CT molecular complexity index is 483. The summed E-state index contributed by atoms with van der Waals surface area (Å²) in [6.45, 7) is 4.25. The minimum atomic E-state index is 0.521. The fourth-order valence-corrected chi connectivity index (χ4v) is 2.74. The molecule has 1 fully saturated rings. The molecule has 2 rings (SSSR count). The lowest BCUT2D eigenvalue weighted by Gasteiger charge is -2.37. The van der Waals surface area contributed by atoms with Crippen molar-refractivity contribution in [2.24, 2.45) is 0 Å². The highest BCUT2D eigenvalue weighted by molar-refractivity contribution is 9.10. The van der Waals surface area contributed by atoms with Gasteiger partial charge in [0.05, 0.1) is 5.56 Å². The molecule has 0 aromatic heterocycles. The Morgan fingerprint density at radius 2 is 2.21 bits per heavy atom. The van der Waals surface area contributed by atoms with E-state index in [1.54, 1.807) is 0 Å². The van der Waals surface area contributed by atoms with Crippen molar-refractivity contribution < 1.29 is 0 Å². The van der Waals surface area contributed by atoms with Gasteiger partial charge in [-0.25, -0.2) is 0 Å². The summed E-state index contributed by atoms with van der Waals surface area (Å²) in [7, 11) is 4.34. The van der Waals surface area contributed by atoms with Gasteiger partial charge in [0.15, 0.2) is 0 Å². The molecule has 0 aliphatic carbocycles. The molecule has 19 heavy (non-hydrogen) atoms. The minimum absolute atomic E-state index is 0.521. The van der Waals surface area contributed by atoms with E-state index >= 15 is 0 Å². The van der Waals surface area contributed by atoms with Gasteiger partial charge < -0.3 is 10.2 Å². The number of piperazine rings is 1. The van der Waals surface area contributed by atoms with E-state index in [4.69, 9.17) is 5.26 Å². The minimum Gasteiger partial charge on any atom is -0.383 e. The molecule has 1 N–H and O–H groups in total. The molecular weight excluding hydrogens is 304 g/mol. The van der Waals surface area contributed by atoms with Gasteiger partial charge in [0, 0.05) is 42.4 Å². The van der Waals surface area contributed by atoms with E-state index in [0.717, 1.165) is 36.3 Å². The monoisotopic (exact) mass is 322 g/mol. The molecule has 1 atom stereocenters. The molecule has 1 aliphatic heterocycles. The molecule has 1 saturated heterocycles. The lowest BCUT2D eigenvalue weighted by molar-refractivity contribution is 0.122. The summed E-state index contributed by atoms with van der Waals surface area (Å²) >= 11 is 3.41. The van der Waals surface area contributed by atoms with E-state index in [0.29, 0.717) is 11.6 Å². The molecule has 1 heterocycles. The molecule has 5 heteroatoms. The zero-order valence-corrected chi connectivity index (χ0v) is 12.9. The Hall–Kier alpha value is -1.09. The largest absolute Gasteiger partial charge is 0.383 e. The standard InChI is InChI=1S/C14H19BrN4/c1-18-5-6-19(2)13(10-18)9-17-12-4-3-11(8-16)14(15)7-12/h3-4,7,13,17H,5-6,9-10H2,1-2H3. The number of hydrogen-bond acceptors (Lipinski definition) is 4. The summed E-state index contributed by atoms with van der Waals surface area (Å²) < 4.78 is 0.842. The van der Waals surface area contributed by atoms with E-state index in [-0.39, 0.29) is 0 Å². The summed E-state index contributed by atoms with van der Waals surface area (Å²) in [6, 6.07) is 8.43. The number of hydrogen-bond donors (Lipinski definition) is 1. The number of benzene rings is 1. The van der Waals surface area contributed by atoms with Gasteiger partial charge >= 0.3 is 0 Å². The van der Waals surface area contributed by atoms with Gasteiger partial charge in [0.2, 0.25) is 0 Å². The zero-order chi connectivity index (χ0) is 13.8. The Balaban J connectivity index is 1.95. The number of halogens is 1. The first-order valence-electron chi connectivity index (χ1n) is 6.42. The fraction of sp³-hybridized carbons (Fsp3) is 0.500. The van der Waals surface area contributed by atoms with Crippen LogP contribution in [0.2, 0.25) is 0 Å². The quantitative estimate of drug-likeness (QED) is 0.924. The number of rotatable bonds is 3. The number of nitrogens with zero attached hydrogens (tertiary/aromatic N) is 3. The van der Waals surface area contributed by atoms with Crippen LogP contribution in [-0.2, 0) is 0 Å². The first kappa shape index (κ1) is 14.3. The van der Waals surface area contributed by atoms with Crippen molar-refractivity contribution in [3.05, 3.63) is 28.2 Å². The number of likely N-dealkylation sites (N-methyl/N-ethyl adjacent to an activating group) is 2. The molecule has 1 aromatic rings. The maximum atomic E-state index is 8.89. The van der Waals surface area contributed by atoms with Crippen LogP contribution in [0.15, 0.2) is 22.7 Å². The maximum absolute atomic E-state index is 8.89. The van der Waals surface area contributed by atoms with Crippen molar-refractivity contribution in [1.82, 2.24) is 9.80 Å². The van der Waals surface area contributed by atoms with Crippen LogP contribution < -0.4 is 5.32 Å². The Morgan fingerprint density at radius 1 is 1.42 bits per heavy atom. The van der Waals surface area contributed by atoms with E-state index in [9.17, 15) is 0 Å². The second kappa shape index (κ2) is 6.38. The average Bonchev–Trinajstić information content (AvgIpc) is 2.40.